The highest BCUT2D eigenvalue weighted by Gasteiger charge is 2.22. The van der Waals surface area contributed by atoms with Crippen LogP contribution < -0.4 is 10.1 Å². The molecule has 0 aliphatic carbocycles. The second kappa shape index (κ2) is 8.59. The van der Waals surface area contributed by atoms with Crippen molar-refractivity contribution in [2.75, 3.05) is 13.7 Å². The number of para-hydroxylation sites is 1. The summed E-state index contributed by atoms with van der Waals surface area (Å²) >= 11 is 0. The van der Waals surface area contributed by atoms with E-state index in [9.17, 15) is 4.79 Å². The molecule has 0 saturated carbocycles. The van der Waals surface area contributed by atoms with E-state index in [0.717, 1.165) is 23.3 Å². The molecule has 0 bridgehead atoms. The summed E-state index contributed by atoms with van der Waals surface area (Å²) in [5.74, 6) is 0.501. The summed E-state index contributed by atoms with van der Waals surface area (Å²) < 4.78 is 11.1. The van der Waals surface area contributed by atoms with E-state index in [-0.39, 0.29) is 5.97 Å². The van der Waals surface area contributed by atoms with Crippen molar-refractivity contribution in [2.24, 2.45) is 0 Å². The number of nitrogens with one attached hydrogen (secondary N) is 1. The summed E-state index contributed by atoms with van der Waals surface area (Å²) in [6.07, 6.45) is 1.000. The zero-order valence-corrected chi connectivity index (χ0v) is 12.9. The van der Waals surface area contributed by atoms with Gasteiger partial charge < -0.3 is 14.8 Å². The number of hydrogen-bond acceptors (Lipinski definition) is 4. The summed E-state index contributed by atoms with van der Waals surface area (Å²) in [6, 6.07) is 5.99. The lowest BCUT2D eigenvalue weighted by Gasteiger charge is -2.20. The standard InChI is InChI=1S/C16H25NO3/c1-5-8-14(16(18)19-6-2)20-15-12(3)9-7-10-13(15)11-17-4/h7,9-10,14,17H,5-6,8,11H2,1-4H3. The van der Waals surface area contributed by atoms with E-state index in [0.29, 0.717) is 19.6 Å². The summed E-state index contributed by atoms with van der Waals surface area (Å²) in [5.41, 5.74) is 2.08. The summed E-state index contributed by atoms with van der Waals surface area (Å²) in [4.78, 5) is 12.0. The Morgan fingerprint density at radius 1 is 1.35 bits per heavy atom. The number of aryl methyl sites for hydroxylation is 1. The summed E-state index contributed by atoms with van der Waals surface area (Å²) in [7, 11) is 1.89. The van der Waals surface area contributed by atoms with Crippen LogP contribution in [0.2, 0.25) is 0 Å². The number of carbonyl (C=O) groups excluding carboxylic acids is 1. The van der Waals surface area contributed by atoms with Gasteiger partial charge in [-0.25, -0.2) is 4.79 Å². The SMILES string of the molecule is CCCC(Oc1c(C)cccc1CNC)C(=O)OCC. The van der Waals surface area contributed by atoms with Gasteiger partial charge in [-0.15, -0.1) is 0 Å². The van der Waals surface area contributed by atoms with Gasteiger partial charge in [0.05, 0.1) is 6.61 Å². The van der Waals surface area contributed by atoms with E-state index >= 15 is 0 Å². The molecule has 20 heavy (non-hydrogen) atoms. The van der Waals surface area contributed by atoms with Gasteiger partial charge in [0.15, 0.2) is 6.10 Å². The molecule has 1 rings (SSSR count). The lowest BCUT2D eigenvalue weighted by Crippen LogP contribution is -2.30. The van der Waals surface area contributed by atoms with E-state index in [4.69, 9.17) is 9.47 Å². The predicted molar refractivity (Wildman–Crippen MR) is 79.9 cm³/mol. The molecule has 1 atom stereocenters. The van der Waals surface area contributed by atoms with E-state index in [1.807, 2.05) is 39.1 Å². The molecule has 1 unspecified atom stereocenters. The first-order chi connectivity index (χ1) is 9.63. The quantitative estimate of drug-likeness (QED) is 0.743. The molecule has 0 aliphatic heterocycles. The zero-order valence-electron chi connectivity index (χ0n) is 12.9. The van der Waals surface area contributed by atoms with Crippen molar-refractivity contribution >= 4 is 5.97 Å². The lowest BCUT2D eigenvalue weighted by atomic mass is 10.1. The molecule has 112 valence electrons. The Hall–Kier alpha value is -1.55. The average molecular weight is 279 g/mol. The Balaban J connectivity index is 2.94. The first kappa shape index (κ1) is 16.5. The molecule has 0 aliphatic rings. The Kier molecular flexibility index (Phi) is 7.09. The normalized spacial score (nSPS) is 12.0. The highest BCUT2D eigenvalue weighted by Crippen LogP contribution is 2.25. The van der Waals surface area contributed by atoms with Crippen molar-refractivity contribution in [1.82, 2.24) is 5.32 Å². The smallest absolute Gasteiger partial charge is 0.347 e. The fourth-order valence-corrected chi connectivity index (χ4v) is 2.08. The van der Waals surface area contributed by atoms with Crippen LogP contribution in [0.3, 0.4) is 0 Å². The number of esters is 1. The third-order valence-corrected chi connectivity index (χ3v) is 3.02. The Morgan fingerprint density at radius 2 is 2.10 bits per heavy atom. The molecule has 4 nitrogen and oxygen atoms in total. The van der Waals surface area contributed by atoms with Gasteiger partial charge in [-0.2, -0.15) is 0 Å². The van der Waals surface area contributed by atoms with Gasteiger partial charge in [0.2, 0.25) is 0 Å². The van der Waals surface area contributed by atoms with Crippen LogP contribution in [0.1, 0.15) is 37.8 Å². The minimum absolute atomic E-state index is 0.284. The molecule has 0 aromatic heterocycles. The molecule has 0 fully saturated rings. The zero-order chi connectivity index (χ0) is 15.0. The number of hydrogen-bond donors (Lipinski definition) is 1. The van der Waals surface area contributed by atoms with Gasteiger partial charge >= 0.3 is 5.97 Å². The maximum atomic E-state index is 12.0. The number of ether oxygens (including phenoxy) is 2. The van der Waals surface area contributed by atoms with Crippen molar-refractivity contribution in [3.63, 3.8) is 0 Å². The lowest BCUT2D eigenvalue weighted by molar-refractivity contribution is -0.151. The predicted octanol–water partition coefficient (Wildman–Crippen LogP) is 2.83. The molecule has 1 aromatic carbocycles. The van der Waals surface area contributed by atoms with Crippen molar-refractivity contribution in [3.05, 3.63) is 29.3 Å². The van der Waals surface area contributed by atoms with Gasteiger partial charge in [0, 0.05) is 12.1 Å². The van der Waals surface area contributed by atoms with Crippen LogP contribution in [0.5, 0.6) is 5.75 Å². The van der Waals surface area contributed by atoms with Gasteiger partial charge in [0.1, 0.15) is 5.75 Å². The van der Waals surface area contributed by atoms with E-state index in [1.54, 1.807) is 6.92 Å². The largest absolute Gasteiger partial charge is 0.478 e. The van der Waals surface area contributed by atoms with Crippen molar-refractivity contribution in [3.8, 4) is 5.75 Å². The molecule has 0 spiro atoms. The average Bonchev–Trinajstić information content (AvgIpc) is 2.42. The minimum Gasteiger partial charge on any atom is -0.478 e. The van der Waals surface area contributed by atoms with Crippen LogP contribution in [0.25, 0.3) is 0 Å². The number of benzene rings is 1. The Morgan fingerprint density at radius 3 is 2.70 bits per heavy atom. The summed E-state index contributed by atoms with van der Waals surface area (Å²) in [6.45, 7) is 6.91. The maximum absolute atomic E-state index is 12.0. The van der Waals surface area contributed by atoms with Gasteiger partial charge in [0.25, 0.3) is 0 Å². The fraction of sp³-hybridized carbons (Fsp3) is 0.562. The highest BCUT2D eigenvalue weighted by atomic mass is 16.6. The van der Waals surface area contributed by atoms with Crippen LogP contribution in [-0.2, 0) is 16.1 Å². The van der Waals surface area contributed by atoms with Gasteiger partial charge in [-0.05, 0) is 32.9 Å². The third-order valence-electron chi connectivity index (χ3n) is 3.02. The van der Waals surface area contributed by atoms with Crippen LogP contribution in [0.15, 0.2) is 18.2 Å². The number of rotatable bonds is 8. The molecule has 0 saturated heterocycles. The van der Waals surface area contributed by atoms with Gasteiger partial charge in [-0.3, -0.25) is 0 Å². The van der Waals surface area contributed by atoms with Crippen LogP contribution in [0, 0.1) is 6.92 Å². The monoisotopic (exact) mass is 279 g/mol. The van der Waals surface area contributed by atoms with E-state index < -0.39 is 6.10 Å². The third kappa shape index (κ3) is 4.53. The van der Waals surface area contributed by atoms with Crippen LogP contribution in [-0.4, -0.2) is 25.7 Å². The molecule has 0 amide bonds. The Bertz CT molecular complexity index is 432. The van der Waals surface area contributed by atoms with Crippen molar-refractivity contribution in [2.45, 2.75) is 46.3 Å². The number of carbonyl (C=O) groups is 1. The molecule has 1 N–H and O–H groups in total. The highest BCUT2D eigenvalue weighted by molar-refractivity contribution is 5.75. The van der Waals surface area contributed by atoms with E-state index in [2.05, 4.69) is 5.32 Å². The molecular weight excluding hydrogens is 254 g/mol. The van der Waals surface area contributed by atoms with Gasteiger partial charge in [-0.1, -0.05) is 31.5 Å². The molecule has 0 heterocycles. The first-order valence-electron chi connectivity index (χ1n) is 7.20. The maximum Gasteiger partial charge on any atom is 0.347 e. The first-order valence-corrected chi connectivity index (χ1v) is 7.20. The molecule has 4 heteroatoms. The van der Waals surface area contributed by atoms with Crippen molar-refractivity contribution in [1.29, 1.82) is 0 Å². The molecule has 0 radical (unpaired) electrons. The van der Waals surface area contributed by atoms with Crippen molar-refractivity contribution < 1.29 is 14.3 Å². The van der Waals surface area contributed by atoms with Crippen LogP contribution >= 0.6 is 0 Å². The topological polar surface area (TPSA) is 47.6 Å². The Labute approximate surface area is 121 Å². The fourth-order valence-electron chi connectivity index (χ4n) is 2.08. The second-order valence-corrected chi connectivity index (χ2v) is 4.74. The van der Waals surface area contributed by atoms with Crippen LogP contribution in [0.4, 0.5) is 0 Å². The molecular formula is C16H25NO3. The molecule has 1 aromatic rings. The second-order valence-electron chi connectivity index (χ2n) is 4.74. The summed E-state index contributed by atoms with van der Waals surface area (Å²) in [5, 5.41) is 3.12. The van der Waals surface area contributed by atoms with E-state index in [1.165, 1.54) is 0 Å². The minimum atomic E-state index is -0.531.